The van der Waals surface area contributed by atoms with Crippen LogP contribution in [0.3, 0.4) is 0 Å². The summed E-state index contributed by atoms with van der Waals surface area (Å²) in [7, 11) is 0. The van der Waals surface area contributed by atoms with Gasteiger partial charge >= 0.3 is 0 Å². The van der Waals surface area contributed by atoms with Crippen molar-refractivity contribution in [2.24, 2.45) is 0 Å². The van der Waals surface area contributed by atoms with Gasteiger partial charge in [0.05, 0.1) is 16.9 Å². The number of aromatic hydroxyl groups is 1. The zero-order chi connectivity index (χ0) is 30.2. The molecule has 0 unspecified atom stereocenters. The molecule has 46 heavy (non-hydrogen) atoms. The Hall–Kier alpha value is -5.58. The fraction of sp³-hybridized carbons (Fsp3) is 0. The van der Waals surface area contributed by atoms with Crippen LogP contribution in [0.5, 0.6) is 5.75 Å². The monoisotopic (exact) mass is 776 g/mol. The Bertz CT molecular complexity index is 2310. The first-order chi connectivity index (χ1) is 22.2. The Morgan fingerprint density at radius 2 is 1.39 bits per heavy atom. The molecule has 0 aliphatic rings. The van der Waals surface area contributed by atoms with E-state index in [0.717, 1.165) is 56.0 Å². The summed E-state index contributed by atoms with van der Waals surface area (Å²) < 4.78 is 6.44. The predicted molar refractivity (Wildman–Crippen MR) is 179 cm³/mol. The molecule has 224 valence electrons. The Morgan fingerprint density at radius 1 is 0.652 bits per heavy atom. The fourth-order valence-electron chi connectivity index (χ4n) is 5.63. The summed E-state index contributed by atoms with van der Waals surface area (Å²) in [6.07, 6.45) is 1.78. The zero-order valence-electron chi connectivity index (χ0n) is 24.3. The van der Waals surface area contributed by atoms with Crippen molar-refractivity contribution in [1.82, 2.24) is 15.0 Å². The maximum atomic E-state index is 10.7. The molecule has 0 bridgehead atoms. The fourth-order valence-corrected chi connectivity index (χ4v) is 5.63. The van der Waals surface area contributed by atoms with Crippen molar-refractivity contribution in [3.8, 4) is 39.7 Å². The minimum Gasteiger partial charge on any atom is -0.507 e. The van der Waals surface area contributed by atoms with E-state index >= 15 is 0 Å². The number of para-hydroxylation sites is 3. The molecular weight excluding hydrogens is 752 g/mol. The van der Waals surface area contributed by atoms with E-state index in [-0.39, 0.29) is 26.8 Å². The van der Waals surface area contributed by atoms with Crippen LogP contribution < -0.4 is 4.90 Å². The Kier molecular flexibility index (Phi) is 7.88. The number of benzene rings is 5. The molecule has 0 saturated carbocycles. The number of hydrogen-bond donors (Lipinski definition) is 1. The molecule has 7 heteroatoms. The average molecular weight is 777 g/mol. The molecule has 0 atom stereocenters. The molecule has 6 nitrogen and oxygen atoms in total. The second-order valence-electron chi connectivity index (χ2n) is 10.6. The van der Waals surface area contributed by atoms with E-state index in [1.54, 1.807) is 18.3 Å². The van der Waals surface area contributed by atoms with Gasteiger partial charge in [-0.05, 0) is 53.3 Å². The zero-order valence-corrected chi connectivity index (χ0v) is 26.6. The van der Waals surface area contributed by atoms with Crippen LogP contribution in [0.1, 0.15) is 0 Å². The maximum Gasteiger partial charge on any atom is 0.159 e. The second kappa shape index (κ2) is 12.4. The van der Waals surface area contributed by atoms with Crippen LogP contribution in [0.15, 0.2) is 150 Å². The van der Waals surface area contributed by atoms with Gasteiger partial charge in [-0.15, -0.1) is 29.8 Å². The van der Waals surface area contributed by atoms with E-state index < -0.39 is 0 Å². The van der Waals surface area contributed by atoms with Crippen molar-refractivity contribution >= 4 is 39.1 Å². The van der Waals surface area contributed by atoms with Gasteiger partial charge in [0.2, 0.25) is 0 Å². The summed E-state index contributed by atoms with van der Waals surface area (Å²) in [6.45, 7) is 0. The normalized spacial score (nSPS) is 11.0. The third-order valence-electron chi connectivity index (χ3n) is 7.74. The number of hydrogen-bond acceptors (Lipinski definition) is 6. The van der Waals surface area contributed by atoms with Crippen LogP contribution in [0.2, 0.25) is 0 Å². The van der Waals surface area contributed by atoms with Crippen LogP contribution in [-0.2, 0) is 21.1 Å². The Balaban J connectivity index is 0.00000338. The van der Waals surface area contributed by atoms with Crippen molar-refractivity contribution in [2.45, 2.75) is 0 Å². The molecule has 5 aromatic carbocycles. The van der Waals surface area contributed by atoms with E-state index in [1.807, 2.05) is 115 Å². The number of anilines is 3. The van der Waals surface area contributed by atoms with Gasteiger partial charge in [0.1, 0.15) is 17.2 Å². The van der Waals surface area contributed by atoms with Crippen LogP contribution in [0.4, 0.5) is 17.2 Å². The van der Waals surface area contributed by atoms with E-state index in [4.69, 9.17) is 19.4 Å². The molecule has 0 saturated heterocycles. The number of fused-ring (bicyclic) bond motifs is 3. The van der Waals surface area contributed by atoms with Crippen LogP contribution in [-0.4, -0.2) is 20.1 Å². The number of furan rings is 1. The molecule has 0 amide bonds. The van der Waals surface area contributed by atoms with Gasteiger partial charge in [-0.2, -0.15) is 0 Å². The molecule has 3 heterocycles. The van der Waals surface area contributed by atoms with Gasteiger partial charge in [-0.25, -0.2) is 9.97 Å². The van der Waals surface area contributed by atoms with E-state index in [9.17, 15) is 5.11 Å². The molecule has 1 N–H and O–H groups in total. The first-order valence-electron chi connectivity index (χ1n) is 14.6. The largest absolute Gasteiger partial charge is 0.507 e. The maximum absolute atomic E-state index is 10.7. The number of nitrogens with zero attached hydrogens (tertiary/aromatic N) is 4. The molecule has 3 aromatic heterocycles. The van der Waals surface area contributed by atoms with Gasteiger partial charge in [0, 0.05) is 38.0 Å². The second-order valence-corrected chi connectivity index (χ2v) is 10.6. The summed E-state index contributed by atoms with van der Waals surface area (Å²) in [6, 6.07) is 48.7. The van der Waals surface area contributed by atoms with Gasteiger partial charge in [-0.1, -0.05) is 84.9 Å². The Morgan fingerprint density at radius 3 is 2.24 bits per heavy atom. The summed E-state index contributed by atoms with van der Waals surface area (Å²) in [4.78, 5) is 16.6. The van der Waals surface area contributed by atoms with E-state index in [0.29, 0.717) is 17.1 Å². The number of phenols is 1. The summed E-state index contributed by atoms with van der Waals surface area (Å²) in [5.41, 5.74) is 6.88. The molecule has 0 aliphatic carbocycles. The molecule has 8 aromatic rings. The van der Waals surface area contributed by atoms with Gasteiger partial charge in [-0.3, -0.25) is 4.98 Å². The topological polar surface area (TPSA) is 75.3 Å². The van der Waals surface area contributed by atoms with Crippen molar-refractivity contribution in [3.05, 3.63) is 152 Å². The first-order valence-corrected chi connectivity index (χ1v) is 14.6. The van der Waals surface area contributed by atoms with E-state index in [1.165, 1.54) is 0 Å². The number of phenolic OH excluding ortho intramolecular Hbond substituents is 1. The summed E-state index contributed by atoms with van der Waals surface area (Å²) >= 11 is 0. The van der Waals surface area contributed by atoms with E-state index in [2.05, 4.69) is 23.1 Å². The Labute approximate surface area is 279 Å². The molecule has 0 aliphatic heterocycles. The molecular formula is C39H25N4O2Pt-. The predicted octanol–water partition coefficient (Wildman–Crippen LogP) is 9.75. The minimum absolute atomic E-state index is 0. The smallest absolute Gasteiger partial charge is 0.159 e. The minimum atomic E-state index is 0. The van der Waals surface area contributed by atoms with Crippen molar-refractivity contribution in [1.29, 1.82) is 0 Å². The molecule has 0 fully saturated rings. The van der Waals surface area contributed by atoms with Crippen molar-refractivity contribution in [2.75, 3.05) is 4.90 Å². The summed E-state index contributed by atoms with van der Waals surface area (Å²) in [5.74, 6) is 1.27. The molecule has 8 rings (SSSR count). The number of rotatable bonds is 6. The molecule has 0 radical (unpaired) electrons. The quantitative estimate of drug-likeness (QED) is 0.170. The van der Waals surface area contributed by atoms with Crippen molar-refractivity contribution < 1.29 is 30.6 Å². The van der Waals surface area contributed by atoms with Crippen LogP contribution in [0, 0.1) is 6.07 Å². The van der Waals surface area contributed by atoms with Gasteiger partial charge < -0.3 is 14.4 Å². The van der Waals surface area contributed by atoms with Gasteiger partial charge in [0.15, 0.2) is 11.4 Å². The third kappa shape index (κ3) is 5.33. The third-order valence-corrected chi connectivity index (χ3v) is 7.74. The number of aromatic nitrogens is 3. The standard InChI is InChI=1S/C39H25N4O2.Pt/c44-35-20-6-4-17-31(35)39-41-32(26-12-2-1-3-13-26)25-33(42-39)27-14-10-15-28(24-27)43(37-22-8-9-23-40-37)34-19-11-18-30-29-16-5-7-21-36(29)45-38(30)34;/h1-23,25,44H;/q-1;. The van der Waals surface area contributed by atoms with Gasteiger partial charge in [0.25, 0.3) is 0 Å². The SMILES string of the molecule is Oc1ccccc1-c1nc(-c2[c-]c(N(c3ccccn3)c3cccc4c3oc3ccccc34)ccc2)cc(-c2ccccc2)n1.[Pt]. The van der Waals surface area contributed by atoms with Crippen LogP contribution >= 0.6 is 0 Å². The number of pyridine rings is 1. The average Bonchev–Trinajstić information content (AvgIpc) is 3.49. The first kappa shape index (κ1) is 29.1. The van der Waals surface area contributed by atoms with Crippen LogP contribution in [0.25, 0.3) is 55.8 Å². The summed E-state index contributed by atoms with van der Waals surface area (Å²) in [5, 5.41) is 12.8. The molecule has 0 spiro atoms. The van der Waals surface area contributed by atoms with Crippen molar-refractivity contribution in [3.63, 3.8) is 0 Å².